The van der Waals surface area contributed by atoms with Crippen LogP contribution in [0.15, 0.2) is 66.7 Å². The van der Waals surface area contributed by atoms with Crippen LogP contribution in [0.5, 0.6) is 0 Å². The molecule has 142 valence electrons. The molecule has 4 heteroatoms. The molecule has 4 nitrogen and oxygen atoms in total. The average Bonchev–Trinajstić information content (AvgIpc) is 2.66. The van der Waals surface area contributed by atoms with Crippen LogP contribution in [0.1, 0.15) is 43.0 Å². The number of hydrogen-bond acceptors (Lipinski definition) is 2. The van der Waals surface area contributed by atoms with E-state index < -0.39 is 0 Å². The van der Waals surface area contributed by atoms with Gasteiger partial charge in [0.05, 0.1) is 0 Å². The fourth-order valence-electron chi connectivity index (χ4n) is 3.01. The molecule has 0 aromatic heterocycles. The number of anilines is 1. The quantitative estimate of drug-likeness (QED) is 0.676. The Morgan fingerprint density at radius 3 is 1.79 bits per heavy atom. The summed E-state index contributed by atoms with van der Waals surface area (Å²) in [7, 11) is 0. The van der Waals surface area contributed by atoms with E-state index in [0.717, 1.165) is 22.4 Å². The third-order valence-electron chi connectivity index (χ3n) is 4.46. The molecule has 0 saturated carbocycles. The zero-order valence-electron chi connectivity index (χ0n) is 16.4. The second kappa shape index (κ2) is 8.53. The Labute approximate surface area is 165 Å². The summed E-state index contributed by atoms with van der Waals surface area (Å²) < 4.78 is 0. The van der Waals surface area contributed by atoms with E-state index in [1.54, 1.807) is 24.3 Å². The lowest BCUT2D eigenvalue weighted by Gasteiger charge is -2.09. The van der Waals surface area contributed by atoms with Crippen molar-refractivity contribution in [2.75, 3.05) is 5.32 Å². The number of benzene rings is 3. The first-order valence-corrected chi connectivity index (χ1v) is 9.24. The van der Waals surface area contributed by atoms with Gasteiger partial charge in [0, 0.05) is 23.4 Å². The largest absolute Gasteiger partial charge is 0.348 e. The minimum Gasteiger partial charge on any atom is -0.348 e. The molecule has 0 aliphatic heterocycles. The van der Waals surface area contributed by atoms with Gasteiger partial charge in [0.1, 0.15) is 0 Å². The zero-order valence-corrected chi connectivity index (χ0v) is 16.4. The van der Waals surface area contributed by atoms with Crippen molar-refractivity contribution in [3.63, 3.8) is 0 Å². The molecule has 3 rings (SSSR count). The number of carbonyl (C=O) groups is 2. The highest BCUT2D eigenvalue weighted by Crippen LogP contribution is 2.15. The van der Waals surface area contributed by atoms with Gasteiger partial charge in [-0.15, -0.1) is 0 Å². The van der Waals surface area contributed by atoms with Crippen LogP contribution in [0, 0.1) is 20.8 Å². The molecule has 0 bridgehead atoms. The first-order valence-electron chi connectivity index (χ1n) is 9.24. The van der Waals surface area contributed by atoms with Crippen molar-refractivity contribution in [1.29, 1.82) is 0 Å². The predicted molar refractivity (Wildman–Crippen MR) is 113 cm³/mol. The molecule has 0 aliphatic carbocycles. The van der Waals surface area contributed by atoms with Gasteiger partial charge < -0.3 is 10.6 Å². The molecule has 0 saturated heterocycles. The Kier molecular flexibility index (Phi) is 5.90. The first-order chi connectivity index (χ1) is 13.4. The Bertz CT molecular complexity index is 970. The summed E-state index contributed by atoms with van der Waals surface area (Å²) in [5, 5.41) is 5.80. The van der Waals surface area contributed by atoms with E-state index in [-0.39, 0.29) is 11.8 Å². The lowest BCUT2D eigenvalue weighted by molar-refractivity contribution is 0.0949. The monoisotopic (exact) mass is 372 g/mol. The third kappa shape index (κ3) is 5.07. The Morgan fingerprint density at radius 2 is 1.21 bits per heavy atom. The van der Waals surface area contributed by atoms with E-state index >= 15 is 0 Å². The molecule has 0 aliphatic rings. The molecule has 2 N–H and O–H groups in total. The Hall–Kier alpha value is -3.40. The van der Waals surface area contributed by atoms with Gasteiger partial charge in [-0.05, 0) is 73.9 Å². The van der Waals surface area contributed by atoms with Crippen LogP contribution in [-0.4, -0.2) is 11.8 Å². The highest BCUT2D eigenvalue weighted by Gasteiger charge is 2.10. The van der Waals surface area contributed by atoms with Crippen molar-refractivity contribution in [1.82, 2.24) is 5.32 Å². The zero-order chi connectivity index (χ0) is 20.1. The van der Waals surface area contributed by atoms with Gasteiger partial charge in [0.2, 0.25) is 0 Å². The molecule has 0 atom stereocenters. The minimum atomic E-state index is -0.198. The van der Waals surface area contributed by atoms with Crippen LogP contribution in [0.3, 0.4) is 0 Å². The van der Waals surface area contributed by atoms with Gasteiger partial charge in [0.25, 0.3) is 11.8 Å². The van der Waals surface area contributed by atoms with Gasteiger partial charge in [-0.2, -0.15) is 0 Å². The van der Waals surface area contributed by atoms with Crippen LogP contribution < -0.4 is 10.6 Å². The summed E-state index contributed by atoms with van der Waals surface area (Å²) in [6, 6.07) is 20.6. The van der Waals surface area contributed by atoms with Crippen molar-refractivity contribution in [3.05, 3.63) is 100 Å². The second-order valence-electron chi connectivity index (χ2n) is 7.08. The van der Waals surface area contributed by atoms with Crippen LogP contribution in [0.25, 0.3) is 0 Å². The third-order valence-corrected chi connectivity index (χ3v) is 4.46. The van der Waals surface area contributed by atoms with Crippen LogP contribution in [-0.2, 0) is 6.54 Å². The molecule has 0 heterocycles. The highest BCUT2D eigenvalue weighted by molar-refractivity contribution is 6.05. The SMILES string of the molecule is Cc1ccc(CNC(=O)c2ccc(C(=O)Nc3cc(C)cc(C)c3)cc2)cc1. The van der Waals surface area contributed by atoms with Gasteiger partial charge >= 0.3 is 0 Å². The van der Waals surface area contributed by atoms with Crippen LogP contribution in [0.2, 0.25) is 0 Å². The number of nitrogens with one attached hydrogen (secondary N) is 2. The van der Waals surface area contributed by atoms with Gasteiger partial charge in [-0.3, -0.25) is 9.59 Å². The van der Waals surface area contributed by atoms with E-state index in [1.807, 2.05) is 57.2 Å². The van der Waals surface area contributed by atoms with Gasteiger partial charge in [-0.1, -0.05) is 35.9 Å². The summed E-state index contributed by atoms with van der Waals surface area (Å²) in [4.78, 5) is 24.8. The smallest absolute Gasteiger partial charge is 0.255 e. The molecular weight excluding hydrogens is 348 g/mol. The fourth-order valence-corrected chi connectivity index (χ4v) is 3.01. The van der Waals surface area contributed by atoms with E-state index in [9.17, 15) is 9.59 Å². The highest BCUT2D eigenvalue weighted by atomic mass is 16.2. The van der Waals surface area contributed by atoms with Gasteiger partial charge in [0.15, 0.2) is 0 Å². The number of amides is 2. The maximum absolute atomic E-state index is 12.4. The Balaban J connectivity index is 1.61. The number of carbonyl (C=O) groups excluding carboxylic acids is 2. The van der Waals surface area contributed by atoms with Crippen molar-refractivity contribution < 1.29 is 9.59 Å². The lowest BCUT2D eigenvalue weighted by atomic mass is 10.1. The summed E-state index contributed by atoms with van der Waals surface area (Å²) in [5.41, 5.74) is 6.21. The molecular formula is C24H24N2O2. The van der Waals surface area contributed by atoms with Crippen molar-refractivity contribution in [3.8, 4) is 0 Å². The van der Waals surface area contributed by atoms with Gasteiger partial charge in [-0.25, -0.2) is 0 Å². The van der Waals surface area contributed by atoms with E-state index in [0.29, 0.717) is 17.7 Å². The maximum atomic E-state index is 12.4. The predicted octanol–water partition coefficient (Wildman–Crippen LogP) is 4.79. The van der Waals surface area contributed by atoms with E-state index in [4.69, 9.17) is 0 Å². The molecule has 0 unspecified atom stereocenters. The number of rotatable bonds is 5. The molecule has 0 spiro atoms. The average molecular weight is 372 g/mol. The lowest BCUT2D eigenvalue weighted by Crippen LogP contribution is -2.23. The molecule has 0 fully saturated rings. The topological polar surface area (TPSA) is 58.2 Å². The van der Waals surface area contributed by atoms with Crippen molar-refractivity contribution in [2.24, 2.45) is 0 Å². The maximum Gasteiger partial charge on any atom is 0.255 e. The fraction of sp³-hybridized carbons (Fsp3) is 0.167. The Morgan fingerprint density at radius 1 is 0.679 bits per heavy atom. The molecule has 2 amide bonds. The summed E-state index contributed by atoms with van der Waals surface area (Å²) >= 11 is 0. The minimum absolute atomic E-state index is 0.165. The summed E-state index contributed by atoms with van der Waals surface area (Å²) in [5.74, 6) is -0.363. The van der Waals surface area contributed by atoms with E-state index in [1.165, 1.54) is 5.56 Å². The van der Waals surface area contributed by atoms with Crippen molar-refractivity contribution in [2.45, 2.75) is 27.3 Å². The standard InChI is InChI=1S/C24H24N2O2/c1-16-4-6-19(7-5-16)15-25-23(27)20-8-10-21(11-9-20)24(28)26-22-13-17(2)12-18(3)14-22/h4-14H,15H2,1-3H3,(H,25,27)(H,26,28). The second-order valence-corrected chi connectivity index (χ2v) is 7.08. The van der Waals surface area contributed by atoms with E-state index in [2.05, 4.69) is 16.7 Å². The number of hydrogen-bond donors (Lipinski definition) is 2. The molecule has 3 aromatic carbocycles. The van der Waals surface area contributed by atoms with Crippen LogP contribution >= 0.6 is 0 Å². The number of aryl methyl sites for hydroxylation is 3. The molecule has 28 heavy (non-hydrogen) atoms. The molecule has 0 radical (unpaired) electrons. The molecule has 3 aromatic rings. The normalized spacial score (nSPS) is 10.4. The summed E-state index contributed by atoms with van der Waals surface area (Å²) in [6.07, 6.45) is 0. The van der Waals surface area contributed by atoms with Crippen molar-refractivity contribution >= 4 is 17.5 Å². The van der Waals surface area contributed by atoms with Crippen LogP contribution in [0.4, 0.5) is 5.69 Å². The first kappa shape index (κ1) is 19.4. The summed E-state index contributed by atoms with van der Waals surface area (Å²) in [6.45, 7) is 6.48.